The molecule has 0 bridgehead atoms. The molecule has 0 saturated carbocycles. The lowest BCUT2D eigenvalue weighted by Gasteiger charge is -2.28. The molecule has 0 fully saturated rings. The zero-order valence-corrected chi connectivity index (χ0v) is 22.8. The number of hydrogen-bond acceptors (Lipinski definition) is 8. The Balaban J connectivity index is 1.98. The third kappa shape index (κ3) is 8.04. The highest BCUT2D eigenvalue weighted by Gasteiger charge is 2.27. The topological polar surface area (TPSA) is 106 Å². The summed E-state index contributed by atoms with van der Waals surface area (Å²) < 4.78 is 44.9. The van der Waals surface area contributed by atoms with Crippen LogP contribution in [0.1, 0.15) is 51.3 Å². The van der Waals surface area contributed by atoms with Crippen molar-refractivity contribution in [1.29, 1.82) is 5.26 Å². The number of carbonyl (C=O) groups excluding carboxylic acids is 1. The van der Waals surface area contributed by atoms with Gasteiger partial charge in [-0.3, -0.25) is 4.79 Å². The van der Waals surface area contributed by atoms with Gasteiger partial charge in [-0.05, 0) is 50.5 Å². The van der Waals surface area contributed by atoms with Gasteiger partial charge in [0, 0.05) is 23.9 Å². The first-order valence-corrected chi connectivity index (χ1v) is 12.3. The van der Waals surface area contributed by atoms with E-state index in [-0.39, 0.29) is 23.6 Å². The van der Waals surface area contributed by atoms with Crippen LogP contribution in [0.15, 0.2) is 48.5 Å². The summed E-state index contributed by atoms with van der Waals surface area (Å²) in [5.41, 5.74) is 0.422. The number of benzene rings is 2. The Hall–Kier alpha value is -4.39. The number of hydrogen-bond donors (Lipinski definition) is 2. The quantitative estimate of drug-likeness (QED) is 0.281. The first-order chi connectivity index (χ1) is 18.4. The molecule has 0 aliphatic carbocycles. The van der Waals surface area contributed by atoms with Gasteiger partial charge in [0.15, 0.2) is 17.5 Å². The molecule has 8 nitrogen and oxygen atoms in total. The number of ether oxygens (including phenoxy) is 3. The maximum atomic E-state index is 15.2. The molecule has 1 heterocycles. The van der Waals surface area contributed by atoms with Crippen molar-refractivity contribution in [2.24, 2.45) is 5.92 Å². The van der Waals surface area contributed by atoms with Crippen molar-refractivity contribution in [3.05, 3.63) is 71.3 Å². The summed E-state index contributed by atoms with van der Waals surface area (Å²) in [5.74, 6) is -1.08. The second-order valence-corrected chi connectivity index (χ2v) is 9.99. The van der Waals surface area contributed by atoms with E-state index in [1.807, 2.05) is 6.07 Å². The fourth-order valence-corrected chi connectivity index (χ4v) is 3.92. The average Bonchev–Trinajstić information content (AvgIpc) is 2.87. The Kier molecular flexibility index (Phi) is 9.30. The number of pyridine rings is 1. The van der Waals surface area contributed by atoms with Gasteiger partial charge in [0.2, 0.25) is 0 Å². The van der Waals surface area contributed by atoms with Gasteiger partial charge < -0.3 is 24.8 Å². The van der Waals surface area contributed by atoms with Crippen LogP contribution in [0.2, 0.25) is 0 Å². The molecule has 0 saturated heterocycles. The van der Waals surface area contributed by atoms with E-state index in [0.29, 0.717) is 22.7 Å². The third-order valence-electron chi connectivity index (χ3n) is 5.71. The van der Waals surface area contributed by atoms with Crippen LogP contribution >= 0.6 is 0 Å². The van der Waals surface area contributed by atoms with Crippen LogP contribution in [-0.2, 0) is 9.53 Å². The number of rotatable bonds is 10. The molecule has 0 spiro atoms. The zero-order valence-electron chi connectivity index (χ0n) is 22.8. The minimum absolute atomic E-state index is 0.0128. The maximum absolute atomic E-state index is 15.2. The monoisotopic (exact) mass is 538 g/mol. The number of nitriles is 1. The molecule has 39 heavy (non-hydrogen) atoms. The molecule has 0 unspecified atom stereocenters. The summed E-state index contributed by atoms with van der Waals surface area (Å²) in [5, 5.41) is 15.7. The van der Waals surface area contributed by atoms with Crippen LogP contribution in [0.25, 0.3) is 0 Å². The molecule has 10 heteroatoms. The number of halogens is 2. The average molecular weight is 539 g/mol. The number of methoxy groups -OCH3 is 2. The standard InChI is InChI=1S/C29H32F2N4O4/c1-17(11-25(36)39-29(2,3)4)26(18-7-9-20(30)10-8-18)34-28-24(31)12-19(16-32)27(35-28)33-21-13-22(37-5)15-23(14-21)38-6/h7-10,12-15,17,26H,11H2,1-6H3,(H2,33,34,35)/t17-,26+/m1/s1. The SMILES string of the molecule is COc1cc(Nc2nc(N[C@H](c3ccc(F)cc3)[C@H](C)CC(=O)OC(C)(C)C)c(F)cc2C#N)cc(OC)c1. The van der Waals surface area contributed by atoms with Crippen molar-refractivity contribution in [3.8, 4) is 17.6 Å². The van der Waals surface area contributed by atoms with Crippen molar-refractivity contribution >= 4 is 23.3 Å². The van der Waals surface area contributed by atoms with Crippen molar-refractivity contribution in [3.63, 3.8) is 0 Å². The lowest BCUT2D eigenvalue weighted by Crippen LogP contribution is -2.28. The van der Waals surface area contributed by atoms with Crippen molar-refractivity contribution in [2.75, 3.05) is 24.9 Å². The Bertz CT molecular complexity index is 1330. The number of carbonyl (C=O) groups is 1. The number of esters is 1. The first kappa shape index (κ1) is 29.2. The van der Waals surface area contributed by atoms with E-state index >= 15 is 4.39 Å². The minimum atomic E-state index is -0.767. The molecule has 3 rings (SSSR count). The Morgan fingerprint density at radius 3 is 2.18 bits per heavy atom. The normalized spacial score (nSPS) is 12.6. The van der Waals surface area contributed by atoms with Gasteiger partial charge in [-0.2, -0.15) is 5.26 Å². The summed E-state index contributed by atoms with van der Waals surface area (Å²) in [6.45, 7) is 7.11. The van der Waals surface area contributed by atoms with E-state index in [2.05, 4.69) is 15.6 Å². The van der Waals surface area contributed by atoms with E-state index < -0.39 is 35.2 Å². The van der Waals surface area contributed by atoms with Gasteiger partial charge in [0.1, 0.15) is 29.0 Å². The molecule has 2 N–H and O–H groups in total. The molecule has 2 aromatic carbocycles. The molecule has 3 aromatic rings. The van der Waals surface area contributed by atoms with Crippen LogP contribution in [0.5, 0.6) is 11.5 Å². The number of aromatic nitrogens is 1. The predicted molar refractivity (Wildman–Crippen MR) is 144 cm³/mol. The van der Waals surface area contributed by atoms with E-state index in [1.165, 1.54) is 26.4 Å². The van der Waals surface area contributed by atoms with E-state index in [0.717, 1.165) is 6.07 Å². The number of nitrogens with zero attached hydrogens (tertiary/aromatic N) is 2. The summed E-state index contributed by atoms with van der Waals surface area (Å²) in [7, 11) is 3.01. The van der Waals surface area contributed by atoms with Gasteiger partial charge in [0.05, 0.1) is 32.2 Å². The molecule has 0 aliphatic rings. The highest BCUT2D eigenvalue weighted by Crippen LogP contribution is 2.33. The van der Waals surface area contributed by atoms with Crippen LogP contribution in [-0.4, -0.2) is 30.8 Å². The van der Waals surface area contributed by atoms with Crippen molar-refractivity contribution in [1.82, 2.24) is 4.98 Å². The molecule has 0 amide bonds. The summed E-state index contributed by atoms with van der Waals surface area (Å²) in [4.78, 5) is 16.9. The largest absolute Gasteiger partial charge is 0.497 e. The predicted octanol–water partition coefficient (Wildman–Crippen LogP) is 6.51. The van der Waals surface area contributed by atoms with Gasteiger partial charge in [-0.1, -0.05) is 19.1 Å². The lowest BCUT2D eigenvalue weighted by molar-refractivity contribution is -0.155. The van der Waals surface area contributed by atoms with Crippen LogP contribution in [0.4, 0.5) is 26.1 Å². The highest BCUT2D eigenvalue weighted by atomic mass is 19.1. The van der Waals surface area contributed by atoms with Crippen LogP contribution in [0, 0.1) is 28.9 Å². The highest BCUT2D eigenvalue weighted by molar-refractivity contribution is 5.70. The summed E-state index contributed by atoms with van der Waals surface area (Å²) in [6, 6.07) is 13.1. The maximum Gasteiger partial charge on any atom is 0.306 e. The Morgan fingerprint density at radius 1 is 1.03 bits per heavy atom. The van der Waals surface area contributed by atoms with E-state index in [9.17, 15) is 14.4 Å². The zero-order chi connectivity index (χ0) is 28.7. The fraction of sp³-hybridized carbons (Fsp3) is 0.345. The minimum Gasteiger partial charge on any atom is -0.497 e. The van der Waals surface area contributed by atoms with Gasteiger partial charge in [-0.25, -0.2) is 13.8 Å². The van der Waals surface area contributed by atoms with Crippen molar-refractivity contribution < 1.29 is 27.8 Å². The first-order valence-electron chi connectivity index (χ1n) is 12.3. The van der Waals surface area contributed by atoms with E-state index in [4.69, 9.17) is 14.2 Å². The summed E-state index contributed by atoms with van der Waals surface area (Å²) >= 11 is 0. The number of nitrogens with one attached hydrogen (secondary N) is 2. The molecular weight excluding hydrogens is 506 g/mol. The summed E-state index contributed by atoms with van der Waals surface area (Å²) in [6.07, 6.45) is 0.0128. The third-order valence-corrected chi connectivity index (χ3v) is 5.71. The van der Waals surface area contributed by atoms with Gasteiger partial charge in [0.25, 0.3) is 0 Å². The lowest BCUT2D eigenvalue weighted by atomic mass is 9.91. The second kappa shape index (κ2) is 12.4. The molecule has 1 aromatic heterocycles. The van der Waals surface area contributed by atoms with Gasteiger partial charge >= 0.3 is 5.97 Å². The van der Waals surface area contributed by atoms with E-state index in [1.54, 1.807) is 58.0 Å². The Labute approximate surface area is 226 Å². The molecule has 206 valence electrons. The van der Waals surface area contributed by atoms with Crippen molar-refractivity contribution in [2.45, 2.75) is 45.8 Å². The van der Waals surface area contributed by atoms with Crippen LogP contribution < -0.4 is 20.1 Å². The van der Waals surface area contributed by atoms with Gasteiger partial charge in [-0.15, -0.1) is 0 Å². The van der Waals surface area contributed by atoms with Crippen LogP contribution in [0.3, 0.4) is 0 Å². The molecular formula is C29H32F2N4O4. The number of anilines is 3. The fourth-order valence-electron chi connectivity index (χ4n) is 3.92. The molecule has 0 radical (unpaired) electrons. The second-order valence-electron chi connectivity index (χ2n) is 9.99. The smallest absolute Gasteiger partial charge is 0.306 e. The Morgan fingerprint density at radius 2 is 1.64 bits per heavy atom. The molecule has 2 atom stereocenters. The molecule has 0 aliphatic heterocycles.